The maximum atomic E-state index is 13.5. The molecule has 0 aliphatic carbocycles. The normalized spacial score (nSPS) is 33.2. The summed E-state index contributed by atoms with van der Waals surface area (Å²) in [6, 6.07) is 8.50. The van der Waals surface area contributed by atoms with E-state index in [1.165, 1.54) is 12.8 Å². The number of carbonyl (C=O) groups excluding carboxylic acids is 1. The molecular formula is C23H33N7OS. The number of rotatable bonds is 4. The molecule has 3 unspecified atom stereocenters. The molecule has 32 heavy (non-hydrogen) atoms. The molecule has 4 saturated heterocycles. The summed E-state index contributed by atoms with van der Waals surface area (Å²) < 4.78 is 1.13. The summed E-state index contributed by atoms with van der Waals surface area (Å²) in [6.45, 7) is 6.33. The second-order valence-corrected chi connectivity index (χ2v) is 11.0. The van der Waals surface area contributed by atoms with E-state index < -0.39 is 0 Å². The molecule has 8 nitrogen and oxygen atoms in total. The van der Waals surface area contributed by atoms with Crippen molar-refractivity contribution < 1.29 is 4.79 Å². The van der Waals surface area contributed by atoms with Crippen molar-refractivity contribution in [3.63, 3.8) is 0 Å². The van der Waals surface area contributed by atoms with Gasteiger partial charge >= 0.3 is 0 Å². The van der Waals surface area contributed by atoms with Crippen LogP contribution in [0.5, 0.6) is 0 Å². The molecule has 9 heteroatoms. The third kappa shape index (κ3) is 3.95. The average molecular weight is 456 g/mol. The van der Waals surface area contributed by atoms with Gasteiger partial charge in [0, 0.05) is 38.8 Å². The average Bonchev–Trinajstić information content (AvgIpc) is 3.22. The van der Waals surface area contributed by atoms with Gasteiger partial charge < -0.3 is 16.0 Å². The van der Waals surface area contributed by atoms with E-state index in [2.05, 4.69) is 37.6 Å². The van der Waals surface area contributed by atoms with Crippen LogP contribution in [0.1, 0.15) is 36.6 Å². The molecule has 0 bridgehead atoms. The minimum atomic E-state index is -0.336. The predicted molar refractivity (Wildman–Crippen MR) is 126 cm³/mol. The Balaban J connectivity index is 1.23. The Labute approximate surface area is 192 Å². The number of hydrogen-bond donors (Lipinski definition) is 5. The summed E-state index contributed by atoms with van der Waals surface area (Å²) in [5.74, 6) is -0.266. The van der Waals surface area contributed by atoms with E-state index in [1.807, 2.05) is 18.2 Å². The number of thiazole rings is 1. The molecule has 172 valence electrons. The first-order valence-corrected chi connectivity index (χ1v) is 12.8. The molecule has 0 radical (unpaired) electrons. The third-order valence-electron chi connectivity index (χ3n) is 7.74. The second kappa shape index (κ2) is 8.62. The number of para-hydroxylation sites is 1. The highest BCUT2D eigenvalue weighted by atomic mass is 32.1. The number of likely N-dealkylation sites (tertiary alicyclic amines) is 1. The van der Waals surface area contributed by atoms with Crippen molar-refractivity contribution in [3.8, 4) is 0 Å². The number of nitrogens with one attached hydrogen (secondary N) is 5. The first-order chi connectivity index (χ1) is 15.7. The molecule has 4 fully saturated rings. The van der Waals surface area contributed by atoms with Gasteiger partial charge in [0.1, 0.15) is 17.2 Å². The molecular weight excluding hydrogens is 422 g/mol. The number of carbonyl (C=O) groups is 1. The lowest BCUT2D eigenvalue weighted by atomic mass is 9.73. The first-order valence-electron chi connectivity index (χ1n) is 12.0. The zero-order valence-electron chi connectivity index (χ0n) is 18.4. The van der Waals surface area contributed by atoms with Gasteiger partial charge in [-0.25, -0.2) is 4.98 Å². The van der Waals surface area contributed by atoms with Gasteiger partial charge in [-0.05, 0) is 49.8 Å². The zero-order valence-corrected chi connectivity index (χ0v) is 19.2. The van der Waals surface area contributed by atoms with Crippen molar-refractivity contribution in [1.29, 1.82) is 0 Å². The van der Waals surface area contributed by atoms with Crippen LogP contribution in [0.25, 0.3) is 10.2 Å². The van der Waals surface area contributed by atoms with Crippen LogP contribution >= 0.6 is 11.3 Å². The van der Waals surface area contributed by atoms with Crippen LogP contribution in [0.3, 0.4) is 0 Å². The lowest BCUT2D eigenvalue weighted by molar-refractivity contribution is -0.130. The van der Waals surface area contributed by atoms with Crippen molar-refractivity contribution in [1.82, 2.24) is 36.5 Å². The molecule has 5 N–H and O–H groups in total. The lowest BCUT2D eigenvalue weighted by Crippen LogP contribution is -2.72. The summed E-state index contributed by atoms with van der Waals surface area (Å²) >= 11 is 1.63. The van der Waals surface area contributed by atoms with Crippen molar-refractivity contribution in [2.24, 2.45) is 5.41 Å². The van der Waals surface area contributed by atoms with Crippen LogP contribution < -0.4 is 26.6 Å². The van der Waals surface area contributed by atoms with E-state index in [9.17, 15) is 4.79 Å². The first kappa shape index (κ1) is 20.9. The zero-order chi connectivity index (χ0) is 21.5. The second-order valence-electron chi connectivity index (χ2n) is 9.90. The van der Waals surface area contributed by atoms with E-state index >= 15 is 0 Å². The molecule has 1 spiro atoms. The van der Waals surface area contributed by atoms with Gasteiger partial charge in [0.25, 0.3) is 0 Å². The van der Waals surface area contributed by atoms with Crippen molar-refractivity contribution in [2.75, 3.05) is 39.3 Å². The van der Waals surface area contributed by atoms with Crippen molar-refractivity contribution >= 4 is 27.5 Å². The molecule has 4 atom stereocenters. The SMILES string of the molecule is O=C1NC(N2CCC3(CC2)CNC3)NC(N[C@@H]2CCCNC2)C1c1nc2ccccc2s1. The maximum absolute atomic E-state index is 13.5. The van der Waals surface area contributed by atoms with E-state index in [4.69, 9.17) is 4.98 Å². The highest BCUT2D eigenvalue weighted by Gasteiger charge is 2.45. The van der Waals surface area contributed by atoms with Gasteiger partial charge in [0.15, 0.2) is 0 Å². The number of amides is 1. The predicted octanol–water partition coefficient (Wildman–Crippen LogP) is 0.736. The fraction of sp³-hybridized carbons (Fsp3) is 0.652. The standard InChI is InChI=1S/C23H33N7OS/c31-20-18(21-27-16-5-1-2-6-17(16)32-21)19(26-15-4-3-9-24-12-15)28-22(29-20)30-10-7-23(8-11-30)13-25-14-23/h1-2,5-6,15,18-19,22,24-26,28H,3-4,7-14H2,(H,29,31)/t15-,18?,19?,22?/m1/s1. The molecule has 2 aromatic rings. The molecule has 6 rings (SSSR count). The highest BCUT2D eigenvalue weighted by Crippen LogP contribution is 2.36. The van der Waals surface area contributed by atoms with Gasteiger partial charge in [-0.3, -0.25) is 20.3 Å². The quantitative estimate of drug-likeness (QED) is 0.464. The van der Waals surface area contributed by atoms with E-state index in [0.717, 1.165) is 67.3 Å². The van der Waals surface area contributed by atoms with Gasteiger partial charge in [-0.1, -0.05) is 12.1 Å². The Kier molecular flexibility index (Phi) is 5.65. The van der Waals surface area contributed by atoms with Crippen LogP contribution in [-0.4, -0.2) is 73.6 Å². The smallest absolute Gasteiger partial charge is 0.235 e. The van der Waals surface area contributed by atoms with Crippen molar-refractivity contribution in [3.05, 3.63) is 29.3 Å². The summed E-state index contributed by atoms with van der Waals surface area (Å²) in [6.07, 6.45) is 4.41. The Hall–Kier alpha value is -1.62. The Morgan fingerprint density at radius 3 is 2.72 bits per heavy atom. The molecule has 1 amide bonds. The third-order valence-corrected chi connectivity index (χ3v) is 8.86. The maximum Gasteiger partial charge on any atom is 0.235 e. The van der Waals surface area contributed by atoms with Crippen LogP contribution in [0.15, 0.2) is 24.3 Å². The van der Waals surface area contributed by atoms with Gasteiger partial charge in [0.05, 0.1) is 16.4 Å². The molecule has 1 aromatic carbocycles. The number of aromatic nitrogens is 1. The number of nitrogens with zero attached hydrogens (tertiary/aromatic N) is 2. The summed E-state index contributed by atoms with van der Waals surface area (Å²) in [4.78, 5) is 20.7. The topological polar surface area (TPSA) is 93.4 Å². The number of hydrogen-bond acceptors (Lipinski definition) is 8. The van der Waals surface area contributed by atoms with Crippen LogP contribution in [0.4, 0.5) is 0 Å². The molecule has 1 aromatic heterocycles. The number of benzene rings is 1. The van der Waals surface area contributed by atoms with Gasteiger partial charge in [-0.2, -0.15) is 0 Å². The van der Waals surface area contributed by atoms with Crippen LogP contribution in [-0.2, 0) is 4.79 Å². The van der Waals surface area contributed by atoms with Crippen LogP contribution in [0.2, 0.25) is 0 Å². The van der Waals surface area contributed by atoms with E-state index in [0.29, 0.717) is 11.5 Å². The van der Waals surface area contributed by atoms with Gasteiger partial charge in [0.2, 0.25) is 5.91 Å². The minimum absolute atomic E-state index is 0.0691. The number of piperidine rings is 2. The molecule has 4 aliphatic rings. The van der Waals surface area contributed by atoms with E-state index in [1.54, 1.807) is 11.3 Å². The highest BCUT2D eigenvalue weighted by molar-refractivity contribution is 7.18. The number of fused-ring (bicyclic) bond motifs is 1. The molecule has 0 saturated carbocycles. The Morgan fingerprint density at radius 2 is 2.00 bits per heavy atom. The van der Waals surface area contributed by atoms with Gasteiger partial charge in [-0.15, -0.1) is 11.3 Å². The van der Waals surface area contributed by atoms with Crippen LogP contribution in [0, 0.1) is 5.41 Å². The van der Waals surface area contributed by atoms with E-state index in [-0.39, 0.29) is 24.3 Å². The Morgan fingerprint density at radius 1 is 1.16 bits per heavy atom. The lowest BCUT2D eigenvalue weighted by Gasteiger charge is -2.51. The summed E-state index contributed by atoms with van der Waals surface area (Å²) in [5, 5.41) is 18.6. The summed E-state index contributed by atoms with van der Waals surface area (Å²) in [7, 11) is 0. The fourth-order valence-electron chi connectivity index (χ4n) is 5.64. The monoisotopic (exact) mass is 455 g/mol. The molecule has 4 aliphatic heterocycles. The fourth-order valence-corrected chi connectivity index (χ4v) is 6.74. The largest absolute Gasteiger partial charge is 0.327 e. The van der Waals surface area contributed by atoms with Crippen molar-refractivity contribution in [2.45, 2.75) is 50.1 Å². The minimum Gasteiger partial charge on any atom is -0.327 e. The Bertz CT molecular complexity index is 927. The summed E-state index contributed by atoms with van der Waals surface area (Å²) in [5.41, 5.74) is 1.46. The molecule has 5 heterocycles.